The second kappa shape index (κ2) is 6.74. The molecule has 114 valence electrons. The largest absolute Gasteiger partial charge is 0.353 e. The predicted octanol–water partition coefficient (Wildman–Crippen LogP) is 1.14. The van der Waals surface area contributed by atoms with Crippen molar-refractivity contribution >= 4 is 18.2 Å². The Labute approximate surface area is 125 Å². The first-order valence-electron chi connectivity index (χ1n) is 7.89. The first kappa shape index (κ1) is 14.1. The van der Waals surface area contributed by atoms with Crippen molar-refractivity contribution in [3.63, 3.8) is 0 Å². The fourth-order valence-electron chi connectivity index (χ4n) is 2.99. The van der Waals surface area contributed by atoms with Crippen molar-refractivity contribution in [3.8, 4) is 0 Å². The Kier molecular flexibility index (Phi) is 4.52. The lowest BCUT2D eigenvalue weighted by molar-refractivity contribution is -0.118. The molecule has 0 radical (unpaired) electrons. The highest BCUT2D eigenvalue weighted by Gasteiger charge is 2.18. The zero-order chi connectivity index (χ0) is 14.5. The third-order valence-corrected chi connectivity index (χ3v) is 4.30. The molecule has 3 heterocycles. The van der Waals surface area contributed by atoms with Crippen LogP contribution in [0, 0.1) is 0 Å². The van der Waals surface area contributed by atoms with E-state index in [2.05, 4.69) is 14.8 Å². The van der Waals surface area contributed by atoms with Crippen LogP contribution in [0.25, 0.3) is 0 Å². The van der Waals surface area contributed by atoms with E-state index in [1.54, 1.807) is 0 Å². The summed E-state index contributed by atoms with van der Waals surface area (Å²) in [5.74, 6) is 1.84. The molecule has 6 nitrogen and oxygen atoms in total. The summed E-state index contributed by atoms with van der Waals surface area (Å²) in [6.07, 6.45) is 7.86. The van der Waals surface area contributed by atoms with Crippen LogP contribution in [0.3, 0.4) is 0 Å². The molecule has 6 heteroatoms. The highest BCUT2D eigenvalue weighted by Crippen LogP contribution is 2.19. The fourth-order valence-corrected chi connectivity index (χ4v) is 2.99. The minimum absolute atomic E-state index is 0.770. The van der Waals surface area contributed by atoms with Gasteiger partial charge in [0, 0.05) is 45.5 Å². The number of carbonyl (C=O) groups is 1. The van der Waals surface area contributed by atoms with E-state index in [4.69, 9.17) is 4.98 Å². The number of hydrogen-bond acceptors (Lipinski definition) is 5. The van der Waals surface area contributed by atoms with Gasteiger partial charge in [-0.2, -0.15) is 4.98 Å². The van der Waals surface area contributed by atoms with Crippen molar-refractivity contribution in [2.45, 2.75) is 25.7 Å². The van der Waals surface area contributed by atoms with Gasteiger partial charge in [-0.1, -0.05) is 12.8 Å². The molecule has 0 aliphatic carbocycles. The lowest BCUT2D eigenvalue weighted by Gasteiger charge is -2.33. The van der Waals surface area contributed by atoms with Gasteiger partial charge < -0.3 is 14.7 Å². The maximum Gasteiger partial charge on any atom is 0.227 e. The van der Waals surface area contributed by atoms with E-state index < -0.39 is 0 Å². The van der Waals surface area contributed by atoms with Gasteiger partial charge in [0.2, 0.25) is 12.4 Å². The van der Waals surface area contributed by atoms with E-state index >= 15 is 0 Å². The Hall–Kier alpha value is -1.85. The SMILES string of the molecule is O=CN1CCN(c2ccnc(N3CCCCCC3)n2)CC1. The molecule has 0 aromatic carbocycles. The average Bonchev–Trinajstić information content (AvgIpc) is 2.84. The first-order valence-corrected chi connectivity index (χ1v) is 7.89. The van der Waals surface area contributed by atoms with Crippen LogP contribution in [0.5, 0.6) is 0 Å². The molecule has 1 amide bonds. The molecule has 0 atom stereocenters. The maximum atomic E-state index is 10.8. The fraction of sp³-hybridized carbons (Fsp3) is 0.667. The summed E-state index contributed by atoms with van der Waals surface area (Å²) in [6.45, 7) is 5.34. The zero-order valence-corrected chi connectivity index (χ0v) is 12.4. The van der Waals surface area contributed by atoms with Gasteiger partial charge >= 0.3 is 0 Å². The Morgan fingerprint density at radius 1 is 0.905 bits per heavy atom. The third-order valence-electron chi connectivity index (χ3n) is 4.30. The number of amides is 1. The maximum absolute atomic E-state index is 10.8. The zero-order valence-electron chi connectivity index (χ0n) is 12.4. The molecule has 21 heavy (non-hydrogen) atoms. The second-order valence-electron chi connectivity index (χ2n) is 5.74. The summed E-state index contributed by atoms with van der Waals surface area (Å²) in [5, 5.41) is 0. The van der Waals surface area contributed by atoms with Crippen LogP contribution in [0.15, 0.2) is 12.3 Å². The Bertz CT molecular complexity index is 465. The van der Waals surface area contributed by atoms with Crippen molar-refractivity contribution in [2.75, 3.05) is 49.1 Å². The molecule has 3 rings (SSSR count). The molecule has 2 aliphatic rings. The minimum atomic E-state index is 0.770. The topological polar surface area (TPSA) is 52.6 Å². The Balaban J connectivity index is 1.69. The van der Waals surface area contributed by atoms with E-state index in [9.17, 15) is 4.79 Å². The number of hydrogen-bond donors (Lipinski definition) is 0. The summed E-state index contributed by atoms with van der Waals surface area (Å²) in [7, 11) is 0. The Morgan fingerprint density at radius 2 is 1.62 bits per heavy atom. The molecule has 2 aliphatic heterocycles. The van der Waals surface area contributed by atoms with E-state index in [0.29, 0.717) is 0 Å². The summed E-state index contributed by atoms with van der Waals surface area (Å²) in [6, 6.07) is 1.97. The molecule has 1 aromatic heterocycles. The van der Waals surface area contributed by atoms with Crippen molar-refractivity contribution in [3.05, 3.63) is 12.3 Å². The molecule has 0 saturated carbocycles. The number of nitrogens with zero attached hydrogens (tertiary/aromatic N) is 5. The van der Waals surface area contributed by atoms with Gasteiger partial charge in [-0.05, 0) is 18.9 Å². The van der Waals surface area contributed by atoms with E-state index in [1.807, 2.05) is 17.2 Å². The van der Waals surface area contributed by atoms with Gasteiger partial charge in [0.25, 0.3) is 0 Å². The van der Waals surface area contributed by atoms with Gasteiger partial charge in [0.05, 0.1) is 0 Å². The normalized spacial score (nSPS) is 20.3. The van der Waals surface area contributed by atoms with Gasteiger partial charge in [0.15, 0.2) is 0 Å². The first-order chi connectivity index (χ1) is 10.4. The number of aromatic nitrogens is 2. The van der Waals surface area contributed by atoms with Crippen LogP contribution in [0.2, 0.25) is 0 Å². The minimum Gasteiger partial charge on any atom is -0.353 e. The van der Waals surface area contributed by atoms with Crippen LogP contribution in [0.4, 0.5) is 11.8 Å². The van der Waals surface area contributed by atoms with Gasteiger partial charge in [-0.3, -0.25) is 4.79 Å². The Morgan fingerprint density at radius 3 is 2.29 bits per heavy atom. The van der Waals surface area contributed by atoms with Gasteiger partial charge in [0.1, 0.15) is 5.82 Å². The van der Waals surface area contributed by atoms with Gasteiger partial charge in [-0.15, -0.1) is 0 Å². The van der Waals surface area contributed by atoms with Crippen LogP contribution >= 0.6 is 0 Å². The highest BCUT2D eigenvalue weighted by molar-refractivity contribution is 5.49. The molecule has 2 saturated heterocycles. The van der Waals surface area contributed by atoms with E-state index in [-0.39, 0.29) is 0 Å². The van der Waals surface area contributed by atoms with Crippen LogP contribution in [-0.4, -0.2) is 60.5 Å². The number of anilines is 2. The van der Waals surface area contributed by atoms with Crippen molar-refractivity contribution in [2.24, 2.45) is 0 Å². The summed E-state index contributed by atoms with van der Waals surface area (Å²) in [4.78, 5) is 26.3. The van der Waals surface area contributed by atoms with Gasteiger partial charge in [-0.25, -0.2) is 4.98 Å². The van der Waals surface area contributed by atoms with E-state index in [0.717, 1.165) is 57.4 Å². The van der Waals surface area contributed by atoms with Crippen molar-refractivity contribution in [1.82, 2.24) is 14.9 Å². The van der Waals surface area contributed by atoms with Crippen LogP contribution < -0.4 is 9.80 Å². The second-order valence-corrected chi connectivity index (χ2v) is 5.74. The lowest BCUT2D eigenvalue weighted by atomic mass is 10.2. The van der Waals surface area contributed by atoms with Crippen LogP contribution in [0.1, 0.15) is 25.7 Å². The monoisotopic (exact) mass is 289 g/mol. The molecular formula is C15H23N5O. The summed E-state index contributed by atoms with van der Waals surface area (Å²) < 4.78 is 0. The molecular weight excluding hydrogens is 266 g/mol. The summed E-state index contributed by atoms with van der Waals surface area (Å²) in [5.41, 5.74) is 0. The van der Waals surface area contributed by atoms with Crippen molar-refractivity contribution in [1.29, 1.82) is 0 Å². The highest BCUT2D eigenvalue weighted by atomic mass is 16.1. The molecule has 1 aromatic rings. The quantitative estimate of drug-likeness (QED) is 0.781. The molecule has 0 unspecified atom stereocenters. The average molecular weight is 289 g/mol. The number of carbonyl (C=O) groups excluding carboxylic acids is 1. The predicted molar refractivity (Wildman–Crippen MR) is 82.6 cm³/mol. The molecule has 0 bridgehead atoms. The number of rotatable bonds is 3. The lowest BCUT2D eigenvalue weighted by Crippen LogP contribution is -2.46. The third kappa shape index (κ3) is 3.43. The smallest absolute Gasteiger partial charge is 0.227 e. The van der Waals surface area contributed by atoms with Crippen LogP contribution in [-0.2, 0) is 4.79 Å². The summed E-state index contributed by atoms with van der Waals surface area (Å²) >= 11 is 0. The molecule has 0 spiro atoms. The molecule has 0 N–H and O–H groups in total. The molecule has 2 fully saturated rings. The van der Waals surface area contributed by atoms with Crippen molar-refractivity contribution < 1.29 is 4.79 Å². The number of piperazine rings is 1. The standard InChI is InChI=1S/C15H23N5O/c21-13-18-9-11-19(12-10-18)14-5-6-16-15(17-14)20-7-3-1-2-4-8-20/h5-6,13H,1-4,7-12H2. The van der Waals surface area contributed by atoms with E-state index in [1.165, 1.54) is 25.7 Å².